The number of hydrogen-bond acceptors (Lipinski definition) is 5. The maximum absolute atomic E-state index is 12.3. The zero-order valence-electron chi connectivity index (χ0n) is 13.3. The molecule has 1 N–H and O–H groups in total. The highest BCUT2D eigenvalue weighted by Gasteiger charge is 2.13. The standard InChI is InChI=1S/C17H14N4O4/c1-20-17(23)14-8-3-2-7-13(14)15(19-20)10-16(22)18-11-5-4-6-12(9-11)21(24)25/h2-9H,10H2,1H3,(H,18,22). The van der Waals surface area contributed by atoms with Crippen LogP contribution in [0, 0.1) is 10.1 Å². The molecule has 25 heavy (non-hydrogen) atoms. The van der Waals surface area contributed by atoms with Crippen LogP contribution in [-0.2, 0) is 18.3 Å². The second kappa shape index (κ2) is 6.52. The van der Waals surface area contributed by atoms with Gasteiger partial charge in [0, 0.05) is 30.3 Å². The first-order valence-electron chi connectivity index (χ1n) is 7.45. The highest BCUT2D eigenvalue weighted by molar-refractivity contribution is 5.95. The number of nitro groups is 1. The molecule has 0 unspecified atom stereocenters. The van der Waals surface area contributed by atoms with Gasteiger partial charge in [0.2, 0.25) is 5.91 Å². The summed E-state index contributed by atoms with van der Waals surface area (Å²) in [5.41, 5.74) is 0.441. The molecule has 1 heterocycles. The normalized spacial score (nSPS) is 10.6. The van der Waals surface area contributed by atoms with Gasteiger partial charge in [-0.05, 0) is 12.1 Å². The number of nitrogens with zero attached hydrogens (tertiary/aromatic N) is 3. The molecule has 0 saturated heterocycles. The lowest BCUT2D eigenvalue weighted by Crippen LogP contribution is -2.24. The van der Waals surface area contributed by atoms with E-state index in [-0.39, 0.29) is 23.6 Å². The molecular formula is C17H14N4O4. The van der Waals surface area contributed by atoms with Crippen LogP contribution in [0.5, 0.6) is 0 Å². The van der Waals surface area contributed by atoms with Crippen molar-refractivity contribution in [3.8, 4) is 0 Å². The Bertz CT molecular complexity index is 1040. The Morgan fingerprint density at radius 2 is 1.92 bits per heavy atom. The lowest BCUT2D eigenvalue weighted by molar-refractivity contribution is -0.384. The van der Waals surface area contributed by atoms with Gasteiger partial charge in [-0.3, -0.25) is 19.7 Å². The lowest BCUT2D eigenvalue weighted by Gasteiger charge is -2.09. The monoisotopic (exact) mass is 338 g/mol. The molecule has 0 fully saturated rings. The first kappa shape index (κ1) is 16.3. The topological polar surface area (TPSA) is 107 Å². The summed E-state index contributed by atoms with van der Waals surface area (Å²) in [5.74, 6) is -0.378. The number of non-ortho nitro benzene ring substituents is 1. The predicted molar refractivity (Wildman–Crippen MR) is 92.4 cm³/mol. The summed E-state index contributed by atoms with van der Waals surface area (Å²) in [4.78, 5) is 34.7. The van der Waals surface area contributed by atoms with Crippen LogP contribution in [0.1, 0.15) is 5.69 Å². The van der Waals surface area contributed by atoms with E-state index >= 15 is 0 Å². The Hall–Kier alpha value is -3.55. The van der Waals surface area contributed by atoms with E-state index in [1.54, 1.807) is 30.3 Å². The lowest BCUT2D eigenvalue weighted by atomic mass is 10.1. The van der Waals surface area contributed by atoms with Crippen molar-refractivity contribution >= 4 is 28.1 Å². The van der Waals surface area contributed by atoms with E-state index in [9.17, 15) is 19.7 Å². The number of carbonyl (C=O) groups excluding carboxylic acids is 1. The fraction of sp³-hybridized carbons (Fsp3) is 0.118. The largest absolute Gasteiger partial charge is 0.325 e. The number of fused-ring (bicyclic) bond motifs is 1. The number of benzene rings is 2. The molecule has 0 radical (unpaired) electrons. The Morgan fingerprint density at radius 3 is 2.64 bits per heavy atom. The second-order valence-corrected chi connectivity index (χ2v) is 5.45. The number of carbonyl (C=O) groups is 1. The van der Waals surface area contributed by atoms with E-state index in [0.29, 0.717) is 22.2 Å². The minimum absolute atomic E-state index is 0.0582. The number of amides is 1. The molecule has 0 bridgehead atoms. The molecule has 3 aromatic rings. The fourth-order valence-electron chi connectivity index (χ4n) is 2.56. The summed E-state index contributed by atoms with van der Waals surface area (Å²) < 4.78 is 1.19. The molecule has 0 aliphatic rings. The first-order chi connectivity index (χ1) is 12.0. The van der Waals surface area contributed by atoms with Crippen LogP contribution in [0.4, 0.5) is 11.4 Å². The van der Waals surface area contributed by atoms with Crippen LogP contribution >= 0.6 is 0 Å². The van der Waals surface area contributed by atoms with Gasteiger partial charge in [0.25, 0.3) is 11.2 Å². The van der Waals surface area contributed by atoms with Crippen molar-refractivity contribution in [3.05, 3.63) is 74.7 Å². The molecule has 1 amide bonds. The molecule has 0 aliphatic heterocycles. The fourth-order valence-corrected chi connectivity index (χ4v) is 2.56. The van der Waals surface area contributed by atoms with Crippen molar-refractivity contribution in [2.75, 3.05) is 5.32 Å². The van der Waals surface area contributed by atoms with E-state index < -0.39 is 4.92 Å². The zero-order chi connectivity index (χ0) is 18.0. The van der Waals surface area contributed by atoms with Gasteiger partial charge in [-0.1, -0.05) is 24.3 Å². The third-order valence-electron chi connectivity index (χ3n) is 3.70. The van der Waals surface area contributed by atoms with Crippen LogP contribution in [-0.4, -0.2) is 20.6 Å². The van der Waals surface area contributed by atoms with Crippen molar-refractivity contribution in [2.45, 2.75) is 6.42 Å². The number of nitro benzene ring substituents is 1. The second-order valence-electron chi connectivity index (χ2n) is 5.45. The molecular weight excluding hydrogens is 324 g/mol. The number of hydrogen-bond donors (Lipinski definition) is 1. The molecule has 0 saturated carbocycles. The van der Waals surface area contributed by atoms with Crippen LogP contribution in [0.15, 0.2) is 53.3 Å². The Balaban J connectivity index is 1.88. The van der Waals surface area contributed by atoms with Crippen molar-refractivity contribution < 1.29 is 9.72 Å². The Morgan fingerprint density at radius 1 is 1.20 bits per heavy atom. The minimum Gasteiger partial charge on any atom is -0.325 e. The predicted octanol–water partition coefficient (Wildman–Crippen LogP) is 2.02. The minimum atomic E-state index is -0.530. The molecule has 8 nitrogen and oxygen atoms in total. The highest BCUT2D eigenvalue weighted by atomic mass is 16.6. The van der Waals surface area contributed by atoms with Crippen LogP contribution in [0.2, 0.25) is 0 Å². The molecule has 3 rings (SSSR count). The third-order valence-corrected chi connectivity index (χ3v) is 3.70. The molecule has 2 aromatic carbocycles. The van der Waals surface area contributed by atoms with E-state index in [1.807, 2.05) is 0 Å². The summed E-state index contributed by atoms with van der Waals surface area (Å²) >= 11 is 0. The maximum Gasteiger partial charge on any atom is 0.274 e. The van der Waals surface area contributed by atoms with Gasteiger partial charge in [-0.2, -0.15) is 5.10 Å². The van der Waals surface area contributed by atoms with Gasteiger partial charge in [0.05, 0.1) is 22.4 Å². The van der Waals surface area contributed by atoms with Gasteiger partial charge in [0.15, 0.2) is 0 Å². The number of nitrogens with one attached hydrogen (secondary N) is 1. The van der Waals surface area contributed by atoms with Crippen LogP contribution < -0.4 is 10.9 Å². The summed E-state index contributed by atoms with van der Waals surface area (Å²) in [5, 5.41) is 18.7. The quantitative estimate of drug-likeness (QED) is 0.578. The molecule has 1 aromatic heterocycles. The van der Waals surface area contributed by atoms with E-state index in [2.05, 4.69) is 10.4 Å². The molecule has 0 aliphatic carbocycles. The van der Waals surface area contributed by atoms with E-state index in [1.165, 1.54) is 29.9 Å². The van der Waals surface area contributed by atoms with Crippen molar-refractivity contribution in [3.63, 3.8) is 0 Å². The van der Waals surface area contributed by atoms with E-state index in [4.69, 9.17) is 0 Å². The summed E-state index contributed by atoms with van der Waals surface area (Å²) in [6.45, 7) is 0. The molecule has 126 valence electrons. The van der Waals surface area contributed by atoms with Crippen molar-refractivity contribution in [1.82, 2.24) is 9.78 Å². The zero-order valence-corrected chi connectivity index (χ0v) is 13.3. The van der Waals surface area contributed by atoms with Gasteiger partial charge >= 0.3 is 0 Å². The smallest absolute Gasteiger partial charge is 0.274 e. The van der Waals surface area contributed by atoms with Gasteiger partial charge in [0.1, 0.15) is 0 Å². The van der Waals surface area contributed by atoms with Gasteiger partial charge in [-0.15, -0.1) is 0 Å². The first-order valence-corrected chi connectivity index (χ1v) is 7.45. The van der Waals surface area contributed by atoms with Crippen LogP contribution in [0.25, 0.3) is 10.8 Å². The number of aromatic nitrogens is 2. The highest BCUT2D eigenvalue weighted by Crippen LogP contribution is 2.18. The molecule has 0 spiro atoms. The maximum atomic E-state index is 12.3. The average Bonchev–Trinajstić information content (AvgIpc) is 2.59. The third kappa shape index (κ3) is 3.37. The average molecular weight is 338 g/mol. The number of rotatable bonds is 4. The van der Waals surface area contributed by atoms with Gasteiger partial charge < -0.3 is 5.32 Å². The number of anilines is 1. The SMILES string of the molecule is Cn1nc(CC(=O)Nc2cccc([N+](=O)[O-])c2)c2ccccc2c1=O. The van der Waals surface area contributed by atoms with Gasteiger partial charge in [-0.25, -0.2) is 4.68 Å². The summed E-state index contributed by atoms with van der Waals surface area (Å²) in [6, 6.07) is 12.6. The Kier molecular flexibility index (Phi) is 4.25. The molecule has 0 atom stereocenters. The number of aryl methyl sites for hydroxylation is 1. The van der Waals surface area contributed by atoms with Crippen molar-refractivity contribution in [2.24, 2.45) is 7.05 Å². The summed E-state index contributed by atoms with van der Waals surface area (Å²) in [7, 11) is 1.52. The van der Waals surface area contributed by atoms with E-state index in [0.717, 1.165) is 0 Å². The molecule has 8 heteroatoms. The summed E-state index contributed by atoms with van der Waals surface area (Å²) in [6.07, 6.45) is -0.0582. The Labute approximate surface area is 141 Å². The van der Waals surface area contributed by atoms with Crippen molar-refractivity contribution in [1.29, 1.82) is 0 Å². The van der Waals surface area contributed by atoms with Crippen LogP contribution in [0.3, 0.4) is 0 Å².